The lowest BCUT2D eigenvalue weighted by Gasteiger charge is -2.31. The normalized spacial score (nSPS) is 13.8. The maximum atomic E-state index is 14.1. The molecule has 0 aliphatic rings. The van der Waals surface area contributed by atoms with E-state index < -0.39 is 47.5 Å². The van der Waals surface area contributed by atoms with Crippen LogP contribution in [0.1, 0.15) is 305 Å². The predicted octanol–water partition coefficient (Wildman–Crippen LogP) is 21.7. The Balaban J connectivity index is 1.47. The molecule has 0 bridgehead atoms. The minimum absolute atomic E-state index is 0.390. The van der Waals surface area contributed by atoms with Gasteiger partial charge in [0.25, 0.3) is 0 Å². The zero-order chi connectivity index (χ0) is 57.0. The molecule has 80 heavy (non-hydrogen) atoms. The van der Waals surface area contributed by atoms with Crippen molar-refractivity contribution in [2.24, 2.45) is 0 Å². The van der Waals surface area contributed by atoms with E-state index in [-0.39, 0.29) is 0 Å². The molecule has 0 heterocycles. The lowest BCUT2D eigenvalue weighted by Crippen LogP contribution is -2.21. The molecule has 0 spiro atoms. The van der Waals surface area contributed by atoms with Gasteiger partial charge in [-0.3, -0.25) is 19.2 Å². The number of aliphatic carboxylic acids is 4. The summed E-state index contributed by atoms with van der Waals surface area (Å²) in [5.41, 5.74) is 2.43. The zero-order valence-corrected chi connectivity index (χ0v) is 49.8. The van der Waals surface area contributed by atoms with Crippen molar-refractivity contribution < 1.29 is 39.6 Å². The molecule has 436 valence electrons. The Kier molecular flexibility index (Phi) is 24.8. The highest BCUT2D eigenvalue weighted by atomic mass is 16.4. The lowest BCUT2D eigenvalue weighted by atomic mass is 9.71. The first-order valence-corrected chi connectivity index (χ1v) is 32.6. The Morgan fingerprint density at radius 1 is 0.263 bits per heavy atom. The highest BCUT2D eigenvalue weighted by Gasteiger charge is 2.38. The van der Waals surface area contributed by atoms with Gasteiger partial charge in [0.2, 0.25) is 0 Å². The van der Waals surface area contributed by atoms with Crippen LogP contribution in [-0.4, -0.2) is 44.3 Å². The second-order valence-electron chi connectivity index (χ2n) is 24.4. The van der Waals surface area contributed by atoms with E-state index in [2.05, 4.69) is 52.0 Å². The Hall–Kier alpha value is -5.24. The molecule has 4 N–H and O–H groups in total. The largest absolute Gasteiger partial charge is 0.481 e. The maximum Gasteiger partial charge on any atom is 0.311 e. The molecule has 0 saturated carbocycles. The molecule has 0 saturated heterocycles. The number of rotatable bonds is 44. The van der Waals surface area contributed by atoms with Crippen LogP contribution < -0.4 is 0 Å². The average molecular weight is 1090 g/mol. The van der Waals surface area contributed by atoms with Gasteiger partial charge in [-0.05, 0) is 113 Å². The van der Waals surface area contributed by atoms with E-state index in [1.54, 1.807) is 0 Å². The molecule has 8 heteroatoms. The van der Waals surface area contributed by atoms with Crippen LogP contribution in [-0.2, 0) is 19.2 Å². The maximum absolute atomic E-state index is 14.1. The van der Waals surface area contributed by atoms with Gasteiger partial charge in [0, 0.05) is 0 Å². The van der Waals surface area contributed by atoms with E-state index >= 15 is 0 Å². The molecule has 0 radical (unpaired) electrons. The van der Waals surface area contributed by atoms with E-state index in [1.165, 1.54) is 103 Å². The van der Waals surface area contributed by atoms with Gasteiger partial charge in [-0.2, -0.15) is 0 Å². The third-order valence-electron chi connectivity index (χ3n) is 18.6. The summed E-state index contributed by atoms with van der Waals surface area (Å²) in [6.07, 6.45) is 35.7. The van der Waals surface area contributed by atoms with Gasteiger partial charge in [-0.1, -0.05) is 282 Å². The van der Waals surface area contributed by atoms with Gasteiger partial charge in [0.15, 0.2) is 0 Å². The van der Waals surface area contributed by atoms with Gasteiger partial charge in [-0.25, -0.2) is 0 Å². The lowest BCUT2D eigenvalue weighted by molar-refractivity contribution is -0.140. The van der Waals surface area contributed by atoms with Crippen LogP contribution in [0.15, 0.2) is 48.5 Å². The van der Waals surface area contributed by atoms with Gasteiger partial charge < -0.3 is 20.4 Å². The molecular formula is C72H100O8. The average Bonchev–Trinajstić information content (AvgIpc) is 3.51. The third-order valence-corrected chi connectivity index (χ3v) is 18.6. The first-order chi connectivity index (χ1) is 39.0. The highest BCUT2D eigenvalue weighted by Crippen LogP contribution is 2.56. The summed E-state index contributed by atoms with van der Waals surface area (Å²) in [6, 6.07) is 16.4. The zero-order valence-electron chi connectivity index (χ0n) is 49.8. The van der Waals surface area contributed by atoms with Crippen molar-refractivity contribution in [3.8, 4) is 0 Å². The summed E-state index contributed by atoms with van der Waals surface area (Å²) in [7, 11) is 0. The fourth-order valence-electron chi connectivity index (χ4n) is 14.3. The van der Waals surface area contributed by atoms with Crippen LogP contribution in [0.25, 0.3) is 64.6 Å². The Morgan fingerprint density at radius 2 is 0.438 bits per heavy atom. The van der Waals surface area contributed by atoms with Crippen molar-refractivity contribution in [1.82, 2.24) is 0 Å². The number of hydrogen-bond acceptors (Lipinski definition) is 4. The molecule has 0 amide bonds. The molecule has 8 nitrogen and oxygen atoms in total. The molecule has 0 aromatic heterocycles. The van der Waals surface area contributed by atoms with Gasteiger partial charge in [0.05, 0.1) is 23.7 Å². The number of unbranched alkanes of at least 4 members (excludes halogenated alkanes) is 28. The Morgan fingerprint density at radius 3 is 0.613 bits per heavy atom. The van der Waals surface area contributed by atoms with E-state index in [1.807, 2.05) is 24.3 Å². The molecule has 0 aliphatic carbocycles. The number of carbonyl (C=O) groups is 4. The van der Waals surface area contributed by atoms with E-state index in [0.29, 0.717) is 73.6 Å². The molecule has 7 aromatic carbocycles. The van der Waals surface area contributed by atoms with Crippen molar-refractivity contribution in [2.45, 2.75) is 283 Å². The summed E-state index contributed by atoms with van der Waals surface area (Å²) in [5, 5.41) is 56.4. The van der Waals surface area contributed by atoms with Crippen molar-refractivity contribution in [3.63, 3.8) is 0 Å². The Bertz CT molecular complexity index is 2630. The van der Waals surface area contributed by atoms with Crippen LogP contribution in [0.2, 0.25) is 0 Å². The monoisotopic (exact) mass is 1090 g/mol. The number of carboxylic acids is 4. The summed E-state index contributed by atoms with van der Waals surface area (Å²) in [4.78, 5) is 56.4. The van der Waals surface area contributed by atoms with E-state index in [9.17, 15) is 39.6 Å². The highest BCUT2D eigenvalue weighted by molar-refractivity contribution is 6.46. The quantitative estimate of drug-likeness (QED) is 0.0168. The van der Waals surface area contributed by atoms with Crippen molar-refractivity contribution in [1.29, 1.82) is 0 Å². The fourth-order valence-corrected chi connectivity index (χ4v) is 14.3. The van der Waals surface area contributed by atoms with Crippen molar-refractivity contribution in [3.05, 3.63) is 70.8 Å². The molecule has 0 fully saturated rings. The minimum atomic E-state index is -0.951. The molecule has 7 aromatic rings. The first-order valence-electron chi connectivity index (χ1n) is 32.6. The predicted molar refractivity (Wildman–Crippen MR) is 335 cm³/mol. The second-order valence-corrected chi connectivity index (χ2v) is 24.4. The van der Waals surface area contributed by atoms with Crippen LogP contribution in [0.4, 0.5) is 0 Å². The topological polar surface area (TPSA) is 149 Å². The summed E-state index contributed by atoms with van der Waals surface area (Å²) >= 11 is 0. The molecule has 0 aliphatic heterocycles. The SMILES string of the molecule is CCCCCCCCCCC(C(=O)O)c1c(C(CCCCCCCCCC)C(=O)O)c2ccc3ccc4c(C(CCCCCCCCCC)C(=O)O)c(C(CCCCCCCCCC)C(=O)O)c5ccc6ccc1c1c6c5c4c3c21. The van der Waals surface area contributed by atoms with Crippen LogP contribution in [0.3, 0.4) is 0 Å². The summed E-state index contributed by atoms with van der Waals surface area (Å²) in [6.45, 7) is 8.87. The van der Waals surface area contributed by atoms with Crippen LogP contribution in [0.5, 0.6) is 0 Å². The van der Waals surface area contributed by atoms with E-state index in [4.69, 9.17) is 0 Å². The fraction of sp³-hybridized carbons (Fsp3) is 0.611. The molecule has 4 unspecified atom stereocenters. The molecular weight excluding hydrogens is 993 g/mol. The smallest absolute Gasteiger partial charge is 0.311 e. The molecule has 7 rings (SSSR count). The van der Waals surface area contributed by atoms with Gasteiger partial charge >= 0.3 is 23.9 Å². The number of benzene rings is 7. The van der Waals surface area contributed by atoms with Crippen LogP contribution >= 0.6 is 0 Å². The van der Waals surface area contributed by atoms with Crippen LogP contribution in [0, 0.1) is 0 Å². The van der Waals surface area contributed by atoms with Gasteiger partial charge in [-0.15, -0.1) is 0 Å². The number of carboxylic acid groups (broad SMARTS) is 4. The Labute approximate surface area is 479 Å². The second kappa shape index (κ2) is 31.8. The molecule has 4 atom stereocenters. The first kappa shape index (κ1) is 62.4. The van der Waals surface area contributed by atoms with Gasteiger partial charge in [0.1, 0.15) is 0 Å². The van der Waals surface area contributed by atoms with Crippen molar-refractivity contribution in [2.75, 3.05) is 0 Å². The van der Waals surface area contributed by atoms with Crippen molar-refractivity contribution >= 4 is 88.5 Å². The standard InChI is InChI=1S/C72H100O8/c1-5-9-13-17-21-25-29-33-37-55(69(73)74)61-51-45-41-49-43-47-53-63(57(71(77)78)39-35-31-27-23-19-15-11-7-3)64(58(72(79)80)40-36-32-28-24-20-16-12-8-4)54-48-44-50-42-46-52(66-60(50)68(54)67(53)59(49)65(51)66)62(61)56(70(75)76)38-34-30-26-22-18-14-10-6-2/h41-48,55-58H,5-40H2,1-4H3,(H,73,74)(H,75,76)(H,77,78)(H,79,80). The minimum Gasteiger partial charge on any atom is -0.481 e. The van der Waals surface area contributed by atoms with E-state index in [0.717, 1.165) is 142 Å². The number of hydrogen-bond donors (Lipinski definition) is 4. The third kappa shape index (κ3) is 14.9. The summed E-state index contributed by atoms with van der Waals surface area (Å²) in [5.74, 6) is -7.59. The summed E-state index contributed by atoms with van der Waals surface area (Å²) < 4.78 is 0.